The second kappa shape index (κ2) is 9.33. The standard InChI is InChI=1S/C25H44FN5/c1-17(2)15-18(3)31-21-13-11-10-12-14-25(26,22(21)29-30-31)20(5)28-24(8,9)16-23(6,7)19(4)27/h17-18,28H,4-5,10-16,27H2,1-3,6-9H3. The van der Waals surface area contributed by atoms with Gasteiger partial charge in [-0.05, 0) is 65.2 Å². The minimum atomic E-state index is -1.74. The van der Waals surface area contributed by atoms with Crippen molar-refractivity contribution < 1.29 is 4.39 Å². The second-order valence-electron chi connectivity index (χ2n) is 11.2. The highest BCUT2D eigenvalue weighted by Gasteiger charge is 2.44. The van der Waals surface area contributed by atoms with Crippen molar-refractivity contribution in [1.82, 2.24) is 20.3 Å². The minimum absolute atomic E-state index is 0.189. The fourth-order valence-corrected chi connectivity index (χ4v) is 5.01. The SMILES string of the molecule is C=C(N)C(C)(C)CC(C)(C)NC(=C)C1(F)CCCCCc2c1nnn2C(C)CC(C)C. The Morgan fingerprint density at radius 1 is 1.19 bits per heavy atom. The van der Waals surface area contributed by atoms with Gasteiger partial charge < -0.3 is 11.1 Å². The largest absolute Gasteiger partial charge is 0.402 e. The highest BCUT2D eigenvalue weighted by atomic mass is 19.1. The molecule has 0 fully saturated rings. The summed E-state index contributed by atoms with van der Waals surface area (Å²) in [6, 6.07) is 0.189. The highest BCUT2D eigenvalue weighted by molar-refractivity contribution is 5.30. The van der Waals surface area contributed by atoms with E-state index in [-0.39, 0.29) is 11.5 Å². The van der Waals surface area contributed by atoms with E-state index in [1.165, 1.54) is 0 Å². The van der Waals surface area contributed by atoms with E-state index in [9.17, 15) is 0 Å². The molecule has 0 spiro atoms. The van der Waals surface area contributed by atoms with Crippen LogP contribution in [0.2, 0.25) is 0 Å². The third-order valence-corrected chi connectivity index (χ3v) is 6.55. The number of allylic oxidation sites excluding steroid dienone is 2. The summed E-state index contributed by atoms with van der Waals surface area (Å²) in [4.78, 5) is 0. The lowest BCUT2D eigenvalue weighted by molar-refractivity contribution is 0.153. The lowest BCUT2D eigenvalue weighted by Gasteiger charge is -2.40. The van der Waals surface area contributed by atoms with Crippen molar-refractivity contribution in [1.29, 1.82) is 0 Å². The molecule has 1 aromatic rings. The Balaban J connectivity index is 2.36. The monoisotopic (exact) mass is 433 g/mol. The molecule has 0 aliphatic heterocycles. The van der Waals surface area contributed by atoms with E-state index in [0.29, 0.717) is 35.8 Å². The maximum absolute atomic E-state index is 16.7. The van der Waals surface area contributed by atoms with Gasteiger partial charge in [0.15, 0.2) is 5.67 Å². The van der Waals surface area contributed by atoms with E-state index in [1.54, 1.807) is 0 Å². The Labute approximate surface area is 188 Å². The number of nitrogens with two attached hydrogens (primary N) is 1. The summed E-state index contributed by atoms with van der Waals surface area (Å²) in [6.45, 7) is 22.8. The van der Waals surface area contributed by atoms with E-state index >= 15 is 4.39 Å². The molecule has 0 saturated carbocycles. The first-order valence-corrected chi connectivity index (χ1v) is 11.8. The maximum atomic E-state index is 16.7. The van der Waals surface area contributed by atoms with Crippen LogP contribution in [0, 0.1) is 11.3 Å². The van der Waals surface area contributed by atoms with Crippen molar-refractivity contribution in [3.05, 3.63) is 35.9 Å². The zero-order valence-electron chi connectivity index (χ0n) is 20.8. The van der Waals surface area contributed by atoms with Crippen LogP contribution in [0.1, 0.15) is 104 Å². The van der Waals surface area contributed by atoms with Crippen LogP contribution in [-0.2, 0) is 12.1 Å². The third kappa shape index (κ3) is 5.89. The average molecular weight is 434 g/mol. The molecule has 2 rings (SSSR count). The number of fused-ring (bicyclic) bond motifs is 1. The number of rotatable bonds is 9. The molecule has 1 aliphatic rings. The molecule has 0 aromatic carbocycles. The van der Waals surface area contributed by atoms with Gasteiger partial charge in [0.2, 0.25) is 0 Å². The van der Waals surface area contributed by atoms with E-state index in [2.05, 4.69) is 77.3 Å². The summed E-state index contributed by atoms with van der Waals surface area (Å²) in [7, 11) is 0. The molecule has 1 aromatic heterocycles. The van der Waals surface area contributed by atoms with Crippen molar-refractivity contribution >= 4 is 0 Å². The summed E-state index contributed by atoms with van der Waals surface area (Å²) in [5.41, 5.74) is 5.93. The van der Waals surface area contributed by atoms with Crippen molar-refractivity contribution in [2.75, 3.05) is 0 Å². The molecule has 1 aliphatic carbocycles. The van der Waals surface area contributed by atoms with Crippen molar-refractivity contribution in [2.24, 2.45) is 17.1 Å². The average Bonchev–Trinajstić information content (AvgIpc) is 3.01. The van der Waals surface area contributed by atoms with Gasteiger partial charge in [-0.1, -0.05) is 52.5 Å². The van der Waals surface area contributed by atoms with Crippen LogP contribution in [0.15, 0.2) is 24.6 Å². The molecule has 176 valence electrons. The lowest BCUT2D eigenvalue weighted by Crippen LogP contribution is -2.47. The normalized spacial score (nSPS) is 21.2. The van der Waals surface area contributed by atoms with Crippen molar-refractivity contribution in [2.45, 2.75) is 111 Å². The number of nitrogens with one attached hydrogen (secondary N) is 1. The first kappa shape index (κ1) is 25.4. The van der Waals surface area contributed by atoms with Gasteiger partial charge in [0.05, 0.1) is 11.7 Å². The fraction of sp³-hybridized carbons (Fsp3) is 0.760. The van der Waals surface area contributed by atoms with Crippen LogP contribution in [0.25, 0.3) is 0 Å². The van der Waals surface area contributed by atoms with Crippen LogP contribution in [0.3, 0.4) is 0 Å². The Morgan fingerprint density at radius 3 is 2.42 bits per heavy atom. The second-order valence-corrected chi connectivity index (χ2v) is 11.2. The van der Waals surface area contributed by atoms with Gasteiger partial charge in [-0.2, -0.15) is 0 Å². The molecule has 0 amide bonds. The van der Waals surface area contributed by atoms with Gasteiger partial charge >= 0.3 is 0 Å². The van der Waals surface area contributed by atoms with Gasteiger partial charge in [0.25, 0.3) is 0 Å². The lowest BCUT2D eigenvalue weighted by atomic mass is 9.77. The molecule has 6 heteroatoms. The smallest absolute Gasteiger partial charge is 0.195 e. The quantitative estimate of drug-likeness (QED) is 0.506. The highest BCUT2D eigenvalue weighted by Crippen LogP contribution is 2.42. The predicted octanol–water partition coefficient (Wildman–Crippen LogP) is 5.94. The molecule has 0 radical (unpaired) electrons. The predicted molar refractivity (Wildman–Crippen MR) is 127 cm³/mol. The molecule has 3 N–H and O–H groups in total. The van der Waals surface area contributed by atoms with E-state index in [0.717, 1.165) is 37.8 Å². The molecule has 5 nitrogen and oxygen atoms in total. The molecule has 31 heavy (non-hydrogen) atoms. The number of nitrogens with zero attached hydrogens (tertiary/aromatic N) is 3. The number of hydrogen-bond acceptors (Lipinski definition) is 4. The van der Waals surface area contributed by atoms with Crippen LogP contribution in [0.5, 0.6) is 0 Å². The molecule has 2 atom stereocenters. The number of aromatic nitrogens is 3. The molecular formula is C25H44FN5. The van der Waals surface area contributed by atoms with E-state index in [4.69, 9.17) is 5.73 Å². The van der Waals surface area contributed by atoms with E-state index in [1.807, 2.05) is 4.68 Å². The number of halogens is 1. The van der Waals surface area contributed by atoms with Gasteiger partial charge in [-0.15, -0.1) is 5.10 Å². The Morgan fingerprint density at radius 2 is 1.84 bits per heavy atom. The summed E-state index contributed by atoms with van der Waals surface area (Å²) in [5, 5.41) is 12.2. The topological polar surface area (TPSA) is 68.8 Å². The first-order chi connectivity index (χ1) is 14.2. The van der Waals surface area contributed by atoms with Gasteiger partial charge in [-0.3, -0.25) is 0 Å². The fourth-order valence-electron chi connectivity index (χ4n) is 5.01. The van der Waals surface area contributed by atoms with Crippen LogP contribution < -0.4 is 11.1 Å². The van der Waals surface area contributed by atoms with Crippen molar-refractivity contribution in [3.8, 4) is 0 Å². The van der Waals surface area contributed by atoms with Crippen LogP contribution in [-0.4, -0.2) is 20.5 Å². The Bertz CT molecular complexity index is 792. The summed E-state index contributed by atoms with van der Waals surface area (Å²) in [5.74, 6) is 0.539. The van der Waals surface area contributed by atoms with Crippen LogP contribution >= 0.6 is 0 Å². The Hall–Kier alpha value is -1.85. The maximum Gasteiger partial charge on any atom is 0.195 e. The molecular weight excluding hydrogens is 389 g/mol. The molecule has 0 saturated heterocycles. The molecule has 0 bridgehead atoms. The van der Waals surface area contributed by atoms with Gasteiger partial charge in [-0.25, -0.2) is 9.07 Å². The van der Waals surface area contributed by atoms with Gasteiger partial charge in [0.1, 0.15) is 5.69 Å². The Kier molecular flexibility index (Phi) is 7.65. The molecule has 1 heterocycles. The zero-order valence-corrected chi connectivity index (χ0v) is 20.8. The summed E-state index contributed by atoms with van der Waals surface area (Å²) < 4.78 is 18.7. The number of alkyl halides is 1. The minimum Gasteiger partial charge on any atom is -0.402 e. The zero-order chi connectivity index (χ0) is 23.6. The summed E-state index contributed by atoms with van der Waals surface area (Å²) in [6.07, 6.45) is 5.68. The molecule has 2 unspecified atom stereocenters. The third-order valence-electron chi connectivity index (χ3n) is 6.55. The van der Waals surface area contributed by atoms with Gasteiger partial charge in [0, 0.05) is 22.3 Å². The number of hydrogen-bond donors (Lipinski definition) is 2. The van der Waals surface area contributed by atoms with Crippen LogP contribution in [0.4, 0.5) is 4.39 Å². The summed E-state index contributed by atoms with van der Waals surface area (Å²) >= 11 is 0. The first-order valence-electron chi connectivity index (χ1n) is 11.8. The van der Waals surface area contributed by atoms with Crippen molar-refractivity contribution in [3.63, 3.8) is 0 Å². The van der Waals surface area contributed by atoms with E-state index < -0.39 is 11.2 Å².